The van der Waals surface area contributed by atoms with Crippen molar-refractivity contribution in [2.75, 3.05) is 20.1 Å². The zero-order valence-corrected chi connectivity index (χ0v) is 10.9. The average molecular weight is 244 g/mol. The molecule has 1 aliphatic rings. The molecule has 1 saturated carbocycles. The van der Waals surface area contributed by atoms with Gasteiger partial charge in [-0.05, 0) is 26.0 Å². The van der Waals surface area contributed by atoms with Crippen LogP contribution in [0.5, 0.6) is 0 Å². The van der Waals surface area contributed by atoms with Crippen LogP contribution < -0.4 is 5.32 Å². The zero-order chi connectivity index (χ0) is 12.4. The highest BCUT2D eigenvalue weighted by Gasteiger charge is 2.19. The van der Waals surface area contributed by atoms with Gasteiger partial charge in [0, 0.05) is 36.6 Å². The maximum Gasteiger partial charge on any atom is 0.134 e. The maximum atomic E-state index is 5.56. The quantitative estimate of drug-likeness (QED) is 0.846. The molecular weight excluding hydrogens is 224 g/mol. The molecule has 2 aromatic rings. The molecule has 18 heavy (non-hydrogen) atoms. The second-order valence-electron chi connectivity index (χ2n) is 5.22. The van der Waals surface area contributed by atoms with Crippen LogP contribution in [0.15, 0.2) is 34.9 Å². The SMILES string of the molecule is CN(CCNC1CC1)Cc1coc2ccccc12. The molecule has 0 unspecified atom stereocenters. The summed E-state index contributed by atoms with van der Waals surface area (Å²) in [5.74, 6) is 0. The molecule has 1 N–H and O–H groups in total. The topological polar surface area (TPSA) is 28.4 Å². The lowest BCUT2D eigenvalue weighted by molar-refractivity contribution is 0.323. The number of likely N-dealkylation sites (N-methyl/N-ethyl adjacent to an activating group) is 1. The van der Waals surface area contributed by atoms with Gasteiger partial charge in [-0.3, -0.25) is 0 Å². The molecule has 3 heteroatoms. The third kappa shape index (κ3) is 2.74. The monoisotopic (exact) mass is 244 g/mol. The van der Waals surface area contributed by atoms with E-state index in [-0.39, 0.29) is 0 Å². The Morgan fingerprint density at radius 1 is 1.33 bits per heavy atom. The first-order chi connectivity index (χ1) is 8.83. The van der Waals surface area contributed by atoms with Gasteiger partial charge >= 0.3 is 0 Å². The second kappa shape index (κ2) is 5.12. The van der Waals surface area contributed by atoms with Crippen molar-refractivity contribution in [2.24, 2.45) is 0 Å². The molecule has 96 valence electrons. The van der Waals surface area contributed by atoms with Crippen molar-refractivity contribution >= 4 is 11.0 Å². The lowest BCUT2D eigenvalue weighted by Crippen LogP contribution is -2.29. The van der Waals surface area contributed by atoms with E-state index in [9.17, 15) is 0 Å². The normalized spacial score (nSPS) is 15.7. The highest BCUT2D eigenvalue weighted by Crippen LogP contribution is 2.21. The Morgan fingerprint density at radius 2 is 2.17 bits per heavy atom. The van der Waals surface area contributed by atoms with Gasteiger partial charge in [-0.15, -0.1) is 0 Å². The largest absolute Gasteiger partial charge is 0.464 e. The van der Waals surface area contributed by atoms with Crippen LogP contribution in [0.25, 0.3) is 11.0 Å². The molecule has 3 rings (SSSR count). The molecule has 0 amide bonds. The van der Waals surface area contributed by atoms with E-state index in [2.05, 4.69) is 29.4 Å². The van der Waals surface area contributed by atoms with E-state index in [0.717, 1.165) is 31.3 Å². The molecule has 0 spiro atoms. The molecule has 0 atom stereocenters. The molecule has 3 nitrogen and oxygen atoms in total. The van der Waals surface area contributed by atoms with Crippen LogP contribution in [-0.2, 0) is 6.54 Å². The summed E-state index contributed by atoms with van der Waals surface area (Å²) in [6, 6.07) is 9.03. The molecule has 0 saturated heterocycles. The van der Waals surface area contributed by atoms with Crippen LogP contribution in [-0.4, -0.2) is 31.1 Å². The number of para-hydroxylation sites is 1. The number of hydrogen-bond donors (Lipinski definition) is 1. The third-order valence-electron chi connectivity index (χ3n) is 3.51. The minimum absolute atomic E-state index is 0.799. The standard InChI is InChI=1S/C15H20N2O/c1-17(9-8-16-13-6-7-13)10-12-11-18-15-5-3-2-4-14(12)15/h2-5,11,13,16H,6-10H2,1H3. The van der Waals surface area contributed by atoms with Crippen LogP contribution in [0.4, 0.5) is 0 Å². The Kier molecular flexibility index (Phi) is 3.35. The van der Waals surface area contributed by atoms with Crippen LogP contribution in [0, 0.1) is 0 Å². The van der Waals surface area contributed by atoms with E-state index in [4.69, 9.17) is 4.42 Å². The molecule has 1 fully saturated rings. The number of nitrogens with one attached hydrogen (secondary N) is 1. The fraction of sp³-hybridized carbons (Fsp3) is 0.467. The molecule has 0 radical (unpaired) electrons. The fourth-order valence-electron chi connectivity index (χ4n) is 2.27. The van der Waals surface area contributed by atoms with E-state index in [1.54, 1.807) is 0 Å². The van der Waals surface area contributed by atoms with E-state index >= 15 is 0 Å². The summed E-state index contributed by atoms with van der Waals surface area (Å²) in [4.78, 5) is 2.34. The van der Waals surface area contributed by atoms with Crippen molar-refractivity contribution in [3.63, 3.8) is 0 Å². The van der Waals surface area contributed by atoms with Crippen molar-refractivity contribution in [2.45, 2.75) is 25.4 Å². The number of fused-ring (bicyclic) bond motifs is 1. The zero-order valence-electron chi connectivity index (χ0n) is 10.9. The highest BCUT2D eigenvalue weighted by atomic mass is 16.3. The lowest BCUT2D eigenvalue weighted by Gasteiger charge is -2.16. The van der Waals surface area contributed by atoms with Crippen LogP contribution >= 0.6 is 0 Å². The number of nitrogens with zero attached hydrogens (tertiary/aromatic N) is 1. The number of hydrogen-bond acceptors (Lipinski definition) is 3. The van der Waals surface area contributed by atoms with Crippen molar-refractivity contribution < 1.29 is 4.42 Å². The van der Waals surface area contributed by atoms with Gasteiger partial charge in [-0.2, -0.15) is 0 Å². The number of furan rings is 1. The molecule has 1 aromatic heterocycles. The van der Waals surface area contributed by atoms with E-state index < -0.39 is 0 Å². The van der Waals surface area contributed by atoms with Crippen LogP contribution in [0.2, 0.25) is 0 Å². The van der Waals surface area contributed by atoms with Gasteiger partial charge in [-0.25, -0.2) is 0 Å². The van der Waals surface area contributed by atoms with Gasteiger partial charge in [0.25, 0.3) is 0 Å². The van der Waals surface area contributed by atoms with Crippen molar-refractivity contribution in [1.82, 2.24) is 10.2 Å². The number of rotatable bonds is 6. The Labute approximate surface area is 108 Å². The number of benzene rings is 1. The Bertz CT molecular complexity index is 516. The van der Waals surface area contributed by atoms with Crippen molar-refractivity contribution in [3.8, 4) is 0 Å². The minimum Gasteiger partial charge on any atom is -0.464 e. The summed E-state index contributed by atoms with van der Waals surface area (Å²) < 4.78 is 5.56. The highest BCUT2D eigenvalue weighted by molar-refractivity contribution is 5.80. The van der Waals surface area contributed by atoms with Gasteiger partial charge in [-0.1, -0.05) is 18.2 Å². The second-order valence-corrected chi connectivity index (χ2v) is 5.22. The van der Waals surface area contributed by atoms with Gasteiger partial charge in [0.2, 0.25) is 0 Å². The summed E-state index contributed by atoms with van der Waals surface area (Å²) in [5, 5.41) is 4.77. The average Bonchev–Trinajstić information content (AvgIpc) is 3.11. The summed E-state index contributed by atoms with van der Waals surface area (Å²) >= 11 is 0. The first-order valence-corrected chi connectivity index (χ1v) is 6.70. The summed E-state index contributed by atoms with van der Waals surface area (Å²) in [5.41, 5.74) is 2.26. The van der Waals surface area contributed by atoms with Crippen molar-refractivity contribution in [1.29, 1.82) is 0 Å². The summed E-state index contributed by atoms with van der Waals surface area (Å²) in [6.07, 6.45) is 4.60. The molecule has 0 aliphatic heterocycles. The third-order valence-corrected chi connectivity index (χ3v) is 3.51. The molecule has 1 heterocycles. The fourth-order valence-corrected chi connectivity index (χ4v) is 2.27. The van der Waals surface area contributed by atoms with Gasteiger partial charge in [0.15, 0.2) is 0 Å². The first kappa shape index (κ1) is 11.8. The maximum absolute atomic E-state index is 5.56. The molecule has 1 aliphatic carbocycles. The van der Waals surface area contributed by atoms with Gasteiger partial charge < -0.3 is 14.6 Å². The molecule has 1 aromatic carbocycles. The predicted molar refractivity (Wildman–Crippen MR) is 73.6 cm³/mol. The molecule has 0 bridgehead atoms. The van der Waals surface area contributed by atoms with E-state index in [0.29, 0.717) is 0 Å². The predicted octanol–water partition coefficient (Wildman–Crippen LogP) is 2.62. The first-order valence-electron chi connectivity index (χ1n) is 6.70. The van der Waals surface area contributed by atoms with E-state index in [1.165, 1.54) is 23.8 Å². The van der Waals surface area contributed by atoms with Crippen LogP contribution in [0.3, 0.4) is 0 Å². The minimum atomic E-state index is 0.799. The van der Waals surface area contributed by atoms with Gasteiger partial charge in [0.1, 0.15) is 5.58 Å². The van der Waals surface area contributed by atoms with Crippen LogP contribution in [0.1, 0.15) is 18.4 Å². The molecular formula is C15H20N2O. The smallest absolute Gasteiger partial charge is 0.134 e. The van der Waals surface area contributed by atoms with Gasteiger partial charge in [0.05, 0.1) is 6.26 Å². The van der Waals surface area contributed by atoms with E-state index in [1.807, 2.05) is 18.4 Å². The Morgan fingerprint density at radius 3 is 3.00 bits per heavy atom. The summed E-state index contributed by atoms with van der Waals surface area (Å²) in [6.45, 7) is 3.11. The van der Waals surface area contributed by atoms with Crippen molar-refractivity contribution in [3.05, 3.63) is 36.1 Å². The lowest BCUT2D eigenvalue weighted by atomic mass is 10.2. The Balaban J connectivity index is 1.57. The Hall–Kier alpha value is -1.32. The summed E-state index contributed by atoms with van der Waals surface area (Å²) in [7, 11) is 2.16.